The van der Waals surface area contributed by atoms with Crippen molar-refractivity contribution in [3.05, 3.63) is 59.2 Å². The van der Waals surface area contributed by atoms with E-state index in [9.17, 15) is 4.79 Å². The summed E-state index contributed by atoms with van der Waals surface area (Å²) in [5, 5.41) is 0. The van der Waals surface area contributed by atoms with E-state index < -0.39 is 0 Å². The maximum Gasteiger partial charge on any atom is 0.253 e. The molecule has 114 valence electrons. The lowest BCUT2D eigenvalue weighted by Gasteiger charge is -2.21. The number of carbonyl (C=O) groups is 1. The molecule has 22 heavy (non-hydrogen) atoms. The van der Waals surface area contributed by atoms with Gasteiger partial charge in [-0.15, -0.1) is 0 Å². The fraction of sp³-hybridized carbons (Fsp3) is 0.278. The van der Waals surface area contributed by atoms with Gasteiger partial charge in [-0.2, -0.15) is 0 Å². The van der Waals surface area contributed by atoms with Gasteiger partial charge in [-0.3, -0.25) is 4.79 Å². The lowest BCUT2D eigenvalue weighted by molar-refractivity contribution is 0.0785. The average molecular weight is 297 g/mol. The Balaban J connectivity index is 1.72. The Bertz CT molecular complexity index is 679. The zero-order valence-electron chi connectivity index (χ0n) is 12.8. The minimum Gasteiger partial charge on any atom is -0.486 e. The first-order chi connectivity index (χ1) is 10.6. The fourth-order valence-corrected chi connectivity index (χ4v) is 2.45. The lowest BCUT2D eigenvalue weighted by atomic mass is 10.1. The minimum absolute atomic E-state index is 0.00916. The highest BCUT2D eigenvalue weighted by Crippen LogP contribution is 2.31. The summed E-state index contributed by atoms with van der Waals surface area (Å²) in [5.41, 5.74) is 2.86. The van der Waals surface area contributed by atoms with Gasteiger partial charge in [0.2, 0.25) is 0 Å². The van der Waals surface area contributed by atoms with Crippen LogP contribution >= 0.6 is 0 Å². The van der Waals surface area contributed by atoms with Crippen molar-refractivity contribution >= 4 is 5.91 Å². The molecule has 0 N–H and O–H groups in total. The van der Waals surface area contributed by atoms with E-state index in [1.165, 1.54) is 0 Å². The standard InChI is InChI=1S/C18H19NO3/c1-13-3-6-15(7-4-13)18(20)19(2)12-14-5-8-16-17(11-14)22-10-9-21-16/h3-8,11H,9-10,12H2,1-2H3. The zero-order valence-corrected chi connectivity index (χ0v) is 12.8. The topological polar surface area (TPSA) is 38.8 Å². The quantitative estimate of drug-likeness (QED) is 0.874. The van der Waals surface area contributed by atoms with Crippen molar-refractivity contribution in [2.75, 3.05) is 20.3 Å². The molecule has 0 radical (unpaired) electrons. The molecule has 0 unspecified atom stereocenters. The van der Waals surface area contributed by atoms with Crippen molar-refractivity contribution in [2.24, 2.45) is 0 Å². The van der Waals surface area contributed by atoms with Crippen LogP contribution in [0, 0.1) is 6.92 Å². The Labute approximate surface area is 130 Å². The molecule has 1 aliphatic rings. The van der Waals surface area contributed by atoms with E-state index in [-0.39, 0.29) is 5.91 Å². The van der Waals surface area contributed by atoms with Crippen LogP contribution in [0.3, 0.4) is 0 Å². The first-order valence-corrected chi connectivity index (χ1v) is 7.34. The molecule has 1 aliphatic heterocycles. The number of carbonyl (C=O) groups excluding carboxylic acids is 1. The van der Waals surface area contributed by atoms with Crippen LogP contribution in [-0.2, 0) is 6.54 Å². The van der Waals surface area contributed by atoms with Crippen molar-refractivity contribution in [3.63, 3.8) is 0 Å². The number of ether oxygens (including phenoxy) is 2. The van der Waals surface area contributed by atoms with E-state index in [1.807, 2.05) is 49.4 Å². The Kier molecular flexibility index (Phi) is 4.00. The molecule has 0 atom stereocenters. The molecule has 0 aliphatic carbocycles. The highest BCUT2D eigenvalue weighted by molar-refractivity contribution is 5.94. The monoisotopic (exact) mass is 297 g/mol. The number of benzene rings is 2. The van der Waals surface area contributed by atoms with E-state index in [0.29, 0.717) is 25.3 Å². The Morgan fingerprint density at radius 2 is 1.73 bits per heavy atom. The molecule has 4 heteroatoms. The van der Waals surface area contributed by atoms with Gasteiger partial charge in [0.05, 0.1) is 0 Å². The smallest absolute Gasteiger partial charge is 0.253 e. The third-order valence-electron chi connectivity index (χ3n) is 3.67. The Hall–Kier alpha value is -2.49. The van der Waals surface area contributed by atoms with Gasteiger partial charge in [0.25, 0.3) is 5.91 Å². The van der Waals surface area contributed by atoms with Gasteiger partial charge in [-0.1, -0.05) is 23.8 Å². The van der Waals surface area contributed by atoms with Gasteiger partial charge < -0.3 is 14.4 Å². The summed E-state index contributed by atoms with van der Waals surface area (Å²) in [6.07, 6.45) is 0. The summed E-state index contributed by atoms with van der Waals surface area (Å²) >= 11 is 0. The van der Waals surface area contributed by atoms with Crippen molar-refractivity contribution in [3.8, 4) is 11.5 Å². The average Bonchev–Trinajstić information content (AvgIpc) is 2.55. The molecule has 3 rings (SSSR count). The highest BCUT2D eigenvalue weighted by Gasteiger charge is 2.15. The SMILES string of the molecule is Cc1ccc(C(=O)N(C)Cc2ccc3c(c2)OCCO3)cc1. The predicted molar refractivity (Wildman–Crippen MR) is 84.4 cm³/mol. The second-order valence-electron chi connectivity index (χ2n) is 5.51. The maximum absolute atomic E-state index is 12.4. The molecular weight excluding hydrogens is 278 g/mol. The molecule has 2 aromatic carbocycles. The van der Waals surface area contributed by atoms with E-state index in [4.69, 9.17) is 9.47 Å². The summed E-state index contributed by atoms with van der Waals surface area (Å²) in [6.45, 7) is 3.68. The largest absolute Gasteiger partial charge is 0.486 e. The number of hydrogen-bond acceptors (Lipinski definition) is 3. The molecule has 0 bridgehead atoms. The van der Waals surface area contributed by atoms with Crippen LogP contribution in [0.25, 0.3) is 0 Å². The molecule has 4 nitrogen and oxygen atoms in total. The van der Waals surface area contributed by atoms with Gasteiger partial charge in [0.15, 0.2) is 11.5 Å². The van der Waals surface area contributed by atoms with E-state index in [2.05, 4.69) is 0 Å². The van der Waals surface area contributed by atoms with Crippen LogP contribution < -0.4 is 9.47 Å². The van der Waals surface area contributed by atoms with Crippen LogP contribution in [0.2, 0.25) is 0 Å². The van der Waals surface area contributed by atoms with Gasteiger partial charge in [0, 0.05) is 19.2 Å². The zero-order chi connectivity index (χ0) is 15.5. The first kappa shape index (κ1) is 14.4. The molecule has 0 spiro atoms. The van der Waals surface area contributed by atoms with Crippen LogP contribution in [0.1, 0.15) is 21.5 Å². The minimum atomic E-state index is 0.00916. The summed E-state index contributed by atoms with van der Waals surface area (Å²) in [5.74, 6) is 1.53. The lowest BCUT2D eigenvalue weighted by Crippen LogP contribution is -2.26. The predicted octanol–water partition coefficient (Wildman–Crippen LogP) is 3.04. The highest BCUT2D eigenvalue weighted by atomic mass is 16.6. The van der Waals surface area contributed by atoms with Crippen LogP contribution in [-0.4, -0.2) is 31.1 Å². The summed E-state index contributed by atoms with van der Waals surface area (Å²) in [6, 6.07) is 13.4. The summed E-state index contributed by atoms with van der Waals surface area (Å²) < 4.78 is 11.1. The second kappa shape index (κ2) is 6.10. The second-order valence-corrected chi connectivity index (χ2v) is 5.51. The summed E-state index contributed by atoms with van der Waals surface area (Å²) in [7, 11) is 1.80. The van der Waals surface area contributed by atoms with Crippen LogP contribution in [0.4, 0.5) is 0 Å². The van der Waals surface area contributed by atoms with Gasteiger partial charge in [-0.05, 0) is 36.8 Å². The molecule has 1 amide bonds. The third-order valence-corrected chi connectivity index (χ3v) is 3.67. The molecular formula is C18H19NO3. The first-order valence-electron chi connectivity index (χ1n) is 7.34. The third kappa shape index (κ3) is 3.06. The molecule has 0 fully saturated rings. The van der Waals surface area contributed by atoms with Crippen LogP contribution in [0.5, 0.6) is 11.5 Å². The van der Waals surface area contributed by atoms with E-state index in [1.54, 1.807) is 11.9 Å². The van der Waals surface area contributed by atoms with Crippen molar-refractivity contribution in [2.45, 2.75) is 13.5 Å². The van der Waals surface area contributed by atoms with Gasteiger partial charge in [0.1, 0.15) is 13.2 Å². The number of hydrogen-bond donors (Lipinski definition) is 0. The fourth-order valence-electron chi connectivity index (χ4n) is 2.45. The Morgan fingerprint density at radius 3 is 2.45 bits per heavy atom. The van der Waals surface area contributed by atoms with E-state index in [0.717, 1.165) is 22.6 Å². The van der Waals surface area contributed by atoms with Crippen LogP contribution in [0.15, 0.2) is 42.5 Å². The molecule has 0 saturated heterocycles. The number of aryl methyl sites for hydroxylation is 1. The van der Waals surface area contributed by atoms with Crippen molar-refractivity contribution < 1.29 is 14.3 Å². The molecule has 2 aromatic rings. The van der Waals surface area contributed by atoms with Crippen molar-refractivity contribution in [1.29, 1.82) is 0 Å². The van der Waals surface area contributed by atoms with Gasteiger partial charge in [-0.25, -0.2) is 0 Å². The number of rotatable bonds is 3. The molecule has 0 aromatic heterocycles. The number of amides is 1. The number of nitrogens with zero attached hydrogens (tertiary/aromatic N) is 1. The molecule has 1 heterocycles. The Morgan fingerprint density at radius 1 is 1.05 bits per heavy atom. The normalized spacial score (nSPS) is 12.8. The van der Waals surface area contributed by atoms with E-state index >= 15 is 0 Å². The summed E-state index contributed by atoms with van der Waals surface area (Å²) in [4.78, 5) is 14.1. The van der Waals surface area contributed by atoms with Crippen molar-refractivity contribution in [1.82, 2.24) is 4.90 Å². The number of fused-ring (bicyclic) bond motifs is 1. The maximum atomic E-state index is 12.4. The molecule has 0 saturated carbocycles. The van der Waals surface area contributed by atoms with Gasteiger partial charge >= 0.3 is 0 Å².